The largest absolute Gasteiger partial charge is 0.480 e. The van der Waals surface area contributed by atoms with Crippen LogP contribution in [-0.2, 0) is 14.8 Å². The van der Waals surface area contributed by atoms with Gasteiger partial charge in [-0.1, -0.05) is 20.3 Å². The van der Waals surface area contributed by atoms with Gasteiger partial charge < -0.3 is 10.4 Å². The van der Waals surface area contributed by atoms with Crippen LogP contribution in [0.25, 0.3) is 0 Å². The maximum absolute atomic E-state index is 12.6. The van der Waals surface area contributed by atoms with E-state index in [0.717, 1.165) is 10.4 Å². The minimum Gasteiger partial charge on any atom is -0.480 e. The zero-order chi connectivity index (χ0) is 19.8. The Morgan fingerprint density at radius 2 is 1.85 bits per heavy atom. The third-order valence-electron chi connectivity index (χ3n) is 4.45. The van der Waals surface area contributed by atoms with E-state index < -0.39 is 39.9 Å². The lowest BCUT2D eigenvalue weighted by Crippen LogP contribution is -2.45. The number of carbonyl (C=O) groups is 3. The lowest BCUT2D eigenvalue weighted by atomic mass is 9.99. The molecule has 1 aromatic rings. The molecule has 0 aliphatic carbocycles. The number of nitrogens with one attached hydrogen (secondary N) is 1. The Hall–Kier alpha value is -2.42. The summed E-state index contributed by atoms with van der Waals surface area (Å²) in [6.07, 6.45) is 0.549. The standard InChI is InChI=1S/C17H22N2O6S/c1-5-10(4)14(17(22)23)18-15(20)11-6-7-12-13(8-11)26(24,25)19(9(2)3)16(12)21/h6-10,14H,5H2,1-4H3,(H,18,20)(H,22,23)/t10-,14-/m0/s1. The first-order valence-electron chi connectivity index (χ1n) is 8.28. The molecule has 142 valence electrons. The van der Waals surface area contributed by atoms with Crippen molar-refractivity contribution in [3.63, 3.8) is 0 Å². The second kappa shape index (κ2) is 7.06. The quantitative estimate of drug-likeness (QED) is 0.768. The normalized spacial score (nSPS) is 17.7. The van der Waals surface area contributed by atoms with Gasteiger partial charge >= 0.3 is 5.97 Å². The molecule has 0 radical (unpaired) electrons. The van der Waals surface area contributed by atoms with Gasteiger partial charge in [0, 0.05) is 11.6 Å². The second-order valence-corrected chi connectivity index (χ2v) is 8.37. The van der Waals surface area contributed by atoms with Gasteiger partial charge in [-0.05, 0) is 38.0 Å². The van der Waals surface area contributed by atoms with Gasteiger partial charge in [-0.15, -0.1) is 0 Å². The first-order valence-corrected chi connectivity index (χ1v) is 9.72. The molecule has 1 aliphatic rings. The molecule has 0 spiro atoms. The van der Waals surface area contributed by atoms with Gasteiger partial charge in [0.1, 0.15) is 10.9 Å². The van der Waals surface area contributed by atoms with Crippen LogP contribution >= 0.6 is 0 Å². The number of hydrogen-bond acceptors (Lipinski definition) is 5. The van der Waals surface area contributed by atoms with Crippen molar-refractivity contribution in [2.24, 2.45) is 5.92 Å². The molecule has 2 rings (SSSR count). The van der Waals surface area contributed by atoms with Crippen LogP contribution < -0.4 is 5.32 Å². The Morgan fingerprint density at radius 3 is 2.35 bits per heavy atom. The van der Waals surface area contributed by atoms with E-state index >= 15 is 0 Å². The van der Waals surface area contributed by atoms with E-state index in [4.69, 9.17) is 0 Å². The van der Waals surface area contributed by atoms with Gasteiger partial charge in [0.05, 0.1) is 5.56 Å². The highest BCUT2D eigenvalue weighted by atomic mass is 32.2. The van der Waals surface area contributed by atoms with E-state index in [0.29, 0.717) is 6.42 Å². The zero-order valence-electron chi connectivity index (χ0n) is 15.0. The zero-order valence-corrected chi connectivity index (χ0v) is 15.8. The molecule has 0 saturated heterocycles. The molecule has 26 heavy (non-hydrogen) atoms. The van der Waals surface area contributed by atoms with Crippen LogP contribution in [-0.4, -0.2) is 47.7 Å². The molecule has 8 nitrogen and oxygen atoms in total. The van der Waals surface area contributed by atoms with Crippen molar-refractivity contribution in [3.8, 4) is 0 Å². The third kappa shape index (κ3) is 3.31. The maximum Gasteiger partial charge on any atom is 0.326 e. The molecule has 0 unspecified atom stereocenters. The first kappa shape index (κ1) is 19.9. The number of amides is 2. The van der Waals surface area contributed by atoms with Gasteiger partial charge in [-0.25, -0.2) is 17.5 Å². The molecule has 2 atom stereocenters. The molecule has 1 aliphatic heterocycles. The molecule has 0 fully saturated rings. The van der Waals surface area contributed by atoms with Gasteiger partial charge in [0.25, 0.3) is 21.8 Å². The monoisotopic (exact) mass is 382 g/mol. The highest BCUT2D eigenvalue weighted by molar-refractivity contribution is 7.90. The van der Waals surface area contributed by atoms with Gasteiger partial charge in [-0.2, -0.15) is 0 Å². The minimum atomic E-state index is -4.03. The summed E-state index contributed by atoms with van der Waals surface area (Å²) in [7, 11) is -4.03. The number of carboxylic acids is 1. The Labute approximate surface area is 152 Å². The summed E-state index contributed by atoms with van der Waals surface area (Å²) in [5.74, 6) is -2.80. The number of aliphatic carboxylic acids is 1. The van der Waals surface area contributed by atoms with Crippen molar-refractivity contribution < 1.29 is 27.9 Å². The summed E-state index contributed by atoms with van der Waals surface area (Å²) in [6.45, 7) is 6.67. The molecule has 0 saturated carbocycles. The molecule has 0 aromatic heterocycles. The smallest absolute Gasteiger partial charge is 0.326 e. The lowest BCUT2D eigenvalue weighted by Gasteiger charge is -2.20. The SMILES string of the molecule is CC[C@H](C)[C@H](NC(=O)c1ccc2c(c1)S(=O)(=O)N(C(C)C)C2=O)C(=O)O. The number of rotatable bonds is 6. The molecule has 2 amide bonds. The van der Waals surface area contributed by atoms with Crippen LogP contribution in [0.3, 0.4) is 0 Å². The summed E-state index contributed by atoms with van der Waals surface area (Å²) in [5.41, 5.74) is -0.00718. The molecule has 1 aromatic carbocycles. The number of carboxylic acid groups (broad SMARTS) is 1. The van der Waals surface area contributed by atoms with Crippen molar-refractivity contribution in [1.29, 1.82) is 0 Å². The predicted molar refractivity (Wildman–Crippen MR) is 93.3 cm³/mol. The van der Waals surface area contributed by atoms with Crippen molar-refractivity contribution in [2.75, 3.05) is 0 Å². The molecule has 2 N–H and O–H groups in total. The fourth-order valence-electron chi connectivity index (χ4n) is 2.81. The van der Waals surface area contributed by atoms with E-state index in [9.17, 15) is 27.9 Å². The van der Waals surface area contributed by atoms with Crippen molar-refractivity contribution in [2.45, 2.75) is 51.1 Å². The highest BCUT2D eigenvalue weighted by Crippen LogP contribution is 2.32. The van der Waals surface area contributed by atoms with Crippen molar-refractivity contribution >= 4 is 27.8 Å². The van der Waals surface area contributed by atoms with Crippen LogP contribution in [0.1, 0.15) is 54.8 Å². The molecular weight excluding hydrogens is 360 g/mol. The van der Waals surface area contributed by atoms with E-state index in [1.165, 1.54) is 12.1 Å². The predicted octanol–water partition coefficient (Wildman–Crippen LogP) is 1.47. The van der Waals surface area contributed by atoms with Gasteiger partial charge in [0.2, 0.25) is 0 Å². The number of hydrogen-bond donors (Lipinski definition) is 2. The Bertz CT molecular complexity index is 862. The van der Waals surface area contributed by atoms with Crippen LogP contribution in [0.5, 0.6) is 0 Å². The Kier molecular flexibility index (Phi) is 5.41. The summed E-state index contributed by atoms with van der Waals surface area (Å²) < 4.78 is 25.9. The average Bonchev–Trinajstić information content (AvgIpc) is 2.77. The Balaban J connectivity index is 2.39. The van der Waals surface area contributed by atoms with Crippen LogP contribution in [0.15, 0.2) is 23.1 Å². The second-order valence-electron chi connectivity index (χ2n) is 6.59. The maximum atomic E-state index is 12.6. The van der Waals surface area contributed by atoms with E-state index in [1.807, 2.05) is 0 Å². The molecule has 1 heterocycles. The van der Waals surface area contributed by atoms with Crippen LogP contribution in [0, 0.1) is 5.92 Å². The van der Waals surface area contributed by atoms with E-state index in [-0.39, 0.29) is 21.9 Å². The summed E-state index contributed by atoms with van der Waals surface area (Å²) in [5, 5.41) is 11.7. The average molecular weight is 382 g/mol. The molecule has 9 heteroatoms. The fraction of sp³-hybridized carbons (Fsp3) is 0.471. The first-order chi connectivity index (χ1) is 12.0. The summed E-state index contributed by atoms with van der Waals surface area (Å²) in [6, 6.07) is 2.08. The topological polar surface area (TPSA) is 121 Å². The summed E-state index contributed by atoms with van der Waals surface area (Å²) >= 11 is 0. The fourth-order valence-corrected chi connectivity index (χ4v) is 4.60. The number of nitrogens with zero attached hydrogens (tertiary/aromatic N) is 1. The third-order valence-corrected chi connectivity index (χ3v) is 6.44. The van der Waals surface area contributed by atoms with Crippen LogP contribution in [0.4, 0.5) is 0 Å². The van der Waals surface area contributed by atoms with E-state index in [1.54, 1.807) is 27.7 Å². The van der Waals surface area contributed by atoms with Crippen LogP contribution in [0.2, 0.25) is 0 Å². The number of fused-ring (bicyclic) bond motifs is 1. The Morgan fingerprint density at radius 1 is 1.23 bits per heavy atom. The minimum absolute atomic E-state index is 0.00645. The van der Waals surface area contributed by atoms with Crippen molar-refractivity contribution in [1.82, 2.24) is 9.62 Å². The summed E-state index contributed by atoms with van der Waals surface area (Å²) in [4.78, 5) is 35.8. The number of carbonyl (C=O) groups excluding carboxylic acids is 2. The molecule has 0 bridgehead atoms. The van der Waals surface area contributed by atoms with Gasteiger partial charge in [0.15, 0.2) is 0 Å². The van der Waals surface area contributed by atoms with Crippen molar-refractivity contribution in [3.05, 3.63) is 29.3 Å². The van der Waals surface area contributed by atoms with Gasteiger partial charge in [-0.3, -0.25) is 9.59 Å². The number of benzene rings is 1. The highest BCUT2D eigenvalue weighted by Gasteiger charge is 2.43. The molecular formula is C17H22N2O6S. The lowest BCUT2D eigenvalue weighted by molar-refractivity contribution is -0.140. The number of sulfonamides is 1. The van der Waals surface area contributed by atoms with E-state index in [2.05, 4.69) is 5.32 Å².